The number of hydrogen-bond acceptors (Lipinski definition) is 4. The third kappa shape index (κ3) is 2.27. The first-order chi connectivity index (χ1) is 11.2. The first kappa shape index (κ1) is 13.9. The average Bonchev–Trinajstić information content (AvgIpc) is 3.34. The molecule has 0 radical (unpaired) electrons. The van der Waals surface area contributed by atoms with Gasteiger partial charge in [0.1, 0.15) is 12.2 Å². The van der Waals surface area contributed by atoms with Gasteiger partial charge >= 0.3 is 0 Å². The highest BCUT2D eigenvalue weighted by molar-refractivity contribution is 5.82. The van der Waals surface area contributed by atoms with Crippen LogP contribution in [0.1, 0.15) is 49.9 Å². The number of imidazole rings is 1. The van der Waals surface area contributed by atoms with Gasteiger partial charge in [-0.3, -0.25) is 0 Å². The van der Waals surface area contributed by atoms with Crippen molar-refractivity contribution in [2.45, 2.75) is 38.6 Å². The molecule has 0 aliphatic heterocycles. The zero-order chi connectivity index (χ0) is 16.0. The molecule has 2 aromatic heterocycles. The zero-order valence-electron chi connectivity index (χ0n) is 13.2. The lowest BCUT2D eigenvalue weighted by Crippen LogP contribution is -2.03. The quantitative estimate of drug-likeness (QED) is 0.737. The van der Waals surface area contributed by atoms with E-state index in [1.54, 1.807) is 6.33 Å². The highest BCUT2D eigenvalue weighted by Gasteiger charge is 2.30. The summed E-state index contributed by atoms with van der Waals surface area (Å²) in [5.41, 5.74) is 4.62. The van der Waals surface area contributed by atoms with Crippen molar-refractivity contribution in [1.29, 1.82) is 5.26 Å². The van der Waals surface area contributed by atoms with Gasteiger partial charge < -0.3 is 4.57 Å². The lowest BCUT2D eigenvalue weighted by atomic mass is 10.0. The molecule has 0 amide bonds. The molecule has 1 fully saturated rings. The number of aromatic nitrogens is 4. The van der Waals surface area contributed by atoms with E-state index in [4.69, 9.17) is 4.98 Å². The van der Waals surface area contributed by atoms with Crippen LogP contribution in [0.4, 0.5) is 0 Å². The van der Waals surface area contributed by atoms with E-state index in [9.17, 15) is 5.26 Å². The molecule has 1 aliphatic carbocycles. The van der Waals surface area contributed by atoms with Crippen molar-refractivity contribution in [2.24, 2.45) is 0 Å². The SMILES string of the molecule is CC(C)c1ncncc1-c1nc2ccc(C#N)cc2n1C1CC1. The van der Waals surface area contributed by atoms with Gasteiger partial charge in [0.05, 0.1) is 33.9 Å². The Balaban J connectivity index is 2.01. The number of benzene rings is 1. The minimum absolute atomic E-state index is 0.301. The minimum Gasteiger partial charge on any atom is -0.321 e. The predicted molar refractivity (Wildman–Crippen MR) is 87.8 cm³/mol. The van der Waals surface area contributed by atoms with Gasteiger partial charge in [-0.05, 0) is 37.0 Å². The first-order valence-electron chi connectivity index (χ1n) is 7.91. The van der Waals surface area contributed by atoms with Crippen LogP contribution in [0.5, 0.6) is 0 Å². The van der Waals surface area contributed by atoms with E-state index >= 15 is 0 Å². The Bertz CT molecular complexity index is 928. The van der Waals surface area contributed by atoms with Crippen LogP contribution in [-0.4, -0.2) is 19.5 Å². The lowest BCUT2D eigenvalue weighted by molar-refractivity contribution is 0.763. The second-order valence-corrected chi connectivity index (χ2v) is 6.33. The summed E-state index contributed by atoms with van der Waals surface area (Å²) in [7, 11) is 0. The summed E-state index contributed by atoms with van der Waals surface area (Å²) in [6.07, 6.45) is 5.75. The molecule has 0 saturated heterocycles. The van der Waals surface area contributed by atoms with E-state index < -0.39 is 0 Å². The van der Waals surface area contributed by atoms with Crippen LogP contribution in [0.25, 0.3) is 22.4 Å². The highest BCUT2D eigenvalue weighted by Crippen LogP contribution is 2.42. The van der Waals surface area contributed by atoms with Gasteiger partial charge in [-0.25, -0.2) is 15.0 Å². The van der Waals surface area contributed by atoms with Crippen LogP contribution in [0.15, 0.2) is 30.7 Å². The lowest BCUT2D eigenvalue weighted by Gasteiger charge is -2.12. The smallest absolute Gasteiger partial charge is 0.144 e. The Morgan fingerprint density at radius 1 is 1.30 bits per heavy atom. The Labute approximate surface area is 134 Å². The summed E-state index contributed by atoms with van der Waals surface area (Å²) < 4.78 is 2.26. The Morgan fingerprint density at radius 3 is 2.83 bits per heavy atom. The monoisotopic (exact) mass is 303 g/mol. The molecule has 1 aromatic carbocycles. The Hall–Kier alpha value is -2.74. The maximum Gasteiger partial charge on any atom is 0.144 e. The highest BCUT2D eigenvalue weighted by atomic mass is 15.1. The van der Waals surface area contributed by atoms with Gasteiger partial charge in [0, 0.05) is 12.2 Å². The fourth-order valence-corrected chi connectivity index (χ4v) is 3.03. The fourth-order valence-electron chi connectivity index (χ4n) is 3.03. The van der Waals surface area contributed by atoms with Crippen molar-refractivity contribution < 1.29 is 0 Å². The molecule has 5 heteroatoms. The summed E-state index contributed by atoms with van der Waals surface area (Å²) in [4.78, 5) is 13.5. The van der Waals surface area contributed by atoms with E-state index in [0.717, 1.165) is 41.0 Å². The molecule has 0 spiro atoms. The Morgan fingerprint density at radius 2 is 2.13 bits per heavy atom. The molecule has 0 bridgehead atoms. The number of nitriles is 1. The molecule has 5 nitrogen and oxygen atoms in total. The van der Waals surface area contributed by atoms with Crippen LogP contribution >= 0.6 is 0 Å². The van der Waals surface area contributed by atoms with Crippen LogP contribution < -0.4 is 0 Å². The molecule has 0 unspecified atom stereocenters. The standard InChI is InChI=1S/C18H17N5/c1-11(2)17-14(9-20-10-21-17)18-22-15-6-3-12(8-19)7-16(15)23(18)13-4-5-13/h3,6-7,9-11,13H,4-5H2,1-2H3. The van der Waals surface area contributed by atoms with Crippen molar-refractivity contribution in [3.63, 3.8) is 0 Å². The molecule has 1 aliphatic rings. The summed E-state index contributed by atoms with van der Waals surface area (Å²) in [5, 5.41) is 9.18. The third-order valence-electron chi connectivity index (χ3n) is 4.26. The number of rotatable bonds is 3. The van der Waals surface area contributed by atoms with Gasteiger partial charge in [-0.2, -0.15) is 5.26 Å². The average molecular weight is 303 g/mol. The van der Waals surface area contributed by atoms with Crippen molar-refractivity contribution in [3.8, 4) is 17.5 Å². The molecule has 114 valence electrons. The molecular formula is C18H17N5. The molecule has 4 rings (SSSR count). The topological polar surface area (TPSA) is 67.4 Å². The van der Waals surface area contributed by atoms with Crippen molar-refractivity contribution >= 4 is 11.0 Å². The summed E-state index contributed by atoms with van der Waals surface area (Å²) in [6, 6.07) is 8.36. The van der Waals surface area contributed by atoms with Crippen molar-refractivity contribution in [3.05, 3.63) is 42.0 Å². The first-order valence-corrected chi connectivity index (χ1v) is 7.91. The number of fused-ring (bicyclic) bond motifs is 1. The summed E-state index contributed by atoms with van der Waals surface area (Å²) >= 11 is 0. The maximum absolute atomic E-state index is 9.18. The maximum atomic E-state index is 9.18. The van der Waals surface area contributed by atoms with Gasteiger partial charge in [0.25, 0.3) is 0 Å². The van der Waals surface area contributed by atoms with E-state index in [0.29, 0.717) is 17.5 Å². The Kier molecular flexibility index (Phi) is 3.12. The molecule has 0 N–H and O–H groups in total. The second kappa shape index (κ2) is 5.17. The molecular weight excluding hydrogens is 286 g/mol. The van der Waals surface area contributed by atoms with E-state index in [1.165, 1.54) is 0 Å². The fraction of sp³-hybridized carbons (Fsp3) is 0.333. The third-order valence-corrected chi connectivity index (χ3v) is 4.26. The predicted octanol–water partition coefficient (Wildman–Crippen LogP) is 3.82. The molecule has 23 heavy (non-hydrogen) atoms. The molecule has 1 saturated carbocycles. The van der Waals surface area contributed by atoms with E-state index in [1.807, 2.05) is 24.4 Å². The van der Waals surface area contributed by atoms with Crippen LogP contribution in [0.2, 0.25) is 0 Å². The molecule has 3 aromatic rings. The van der Waals surface area contributed by atoms with E-state index in [-0.39, 0.29) is 0 Å². The minimum atomic E-state index is 0.301. The zero-order valence-corrected chi connectivity index (χ0v) is 13.2. The van der Waals surface area contributed by atoms with Gasteiger partial charge in [0.2, 0.25) is 0 Å². The summed E-state index contributed by atoms with van der Waals surface area (Å²) in [6.45, 7) is 4.26. The van der Waals surface area contributed by atoms with Crippen molar-refractivity contribution in [2.75, 3.05) is 0 Å². The summed E-state index contributed by atoms with van der Waals surface area (Å²) in [5.74, 6) is 1.22. The molecule has 0 atom stereocenters. The largest absolute Gasteiger partial charge is 0.321 e. The van der Waals surface area contributed by atoms with Gasteiger partial charge in [-0.15, -0.1) is 0 Å². The van der Waals surface area contributed by atoms with Crippen molar-refractivity contribution in [1.82, 2.24) is 19.5 Å². The van der Waals surface area contributed by atoms with Gasteiger partial charge in [0.15, 0.2) is 0 Å². The van der Waals surface area contributed by atoms with Crippen LogP contribution in [0, 0.1) is 11.3 Å². The van der Waals surface area contributed by atoms with E-state index in [2.05, 4.69) is 34.5 Å². The number of nitrogens with zero attached hydrogens (tertiary/aromatic N) is 5. The van der Waals surface area contributed by atoms with Gasteiger partial charge in [-0.1, -0.05) is 13.8 Å². The molecule has 2 heterocycles. The number of hydrogen-bond donors (Lipinski definition) is 0. The van der Waals surface area contributed by atoms with Crippen LogP contribution in [0.3, 0.4) is 0 Å². The van der Waals surface area contributed by atoms with Crippen LogP contribution in [-0.2, 0) is 0 Å². The second-order valence-electron chi connectivity index (χ2n) is 6.33. The normalized spacial score (nSPS) is 14.3.